The number of urea groups is 1. The second-order valence-corrected chi connectivity index (χ2v) is 5.52. The van der Waals surface area contributed by atoms with E-state index in [0.717, 1.165) is 24.0 Å². The van der Waals surface area contributed by atoms with Gasteiger partial charge < -0.3 is 15.3 Å². The SMILES string of the molecule is CCCC(C)NC(=O)N1CCc2ccccc2C1C(=O)O. The number of hydrogen-bond acceptors (Lipinski definition) is 2. The van der Waals surface area contributed by atoms with Crippen molar-refractivity contribution in [1.82, 2.24) is 10.2 Å². The van der Waals surface area contributed by atoms with Crippen molar-refractivity contribution in [3.63, 3.8) is 0 Å². The van der Waals surface area contributed by atoms with Crippen molar-refractivity contribution in [3.8, 4) is 0 Å². The molecule has 0 aromatic heterocycles. The van der Waals surface area contributed by atoms with Crippen LogP contribution in [0.25, 0.3) is 0 Å². The lowest BCUT2D eigenvalue weighted by Gasteiger charge is -2.35. The molecule has 1 aliphatic heterocycles. The fourth-order valence-corrected chi connectivity index (χ4v) is 2.85. The number of rotatable bonds is 4. The molecule has 21 heavy (non-hydrogen) atoms. The molecule has 0 bridgehead atoms. The Kier molecular flexibility index (Phi) is 4.83. The van der Waals surface area contributed by atoms with Gasteiger partial charge in [0.25, 0.3) is 0 Å². The van der Waals surface area contributed by atoms with Gasteiger partial charge in [0.1, 0.15) is 0 Å². The molecule has 2 atom stereocenters. The molecule has 0 radical (unpaired) electrons. The number of carboxylic acids is 1. The number of fused-ring (bicyclic) bond motifs is 1. The van der Waals surface area contributed by atoms with Gasteiger partial charge in [-0.15, -0.1) is 0 Å². The summed E-state index contributed by atoms with van der Waals surface area (Å²) in [7, 11) is 0. The number of carboxylic acid groups (broad SMARTS) is 1. The highest BCUT2D eigenvalue weighted by Gasteiger charge is 2.35. The Morgan fingerprint density at radius 2 is 2.14 bits per heavy atom. The van der Waals surface area contributed by atoms with Gasteiger partial charge in [0.2, 0.25) is 0 Å². The number of aliphatic carboxylic acids is 1. The lowest BCUT2D eigenvalue weighted by atomic mass is 9.93. The lowest BCUT2D eigenvalue weighted by molar-refractivity contribution is -0.142. The summed E-state index contributed by atoms with van der Waals surface area (Å²) < 4.78 is 0. The highest BCUT2D eigenvalue weighted by Crippen LogP contribution is 2.29. The molecule has 2 amide bonds. The van der Waals surface area contributed by atoms with E-state index in [1.54, 1.807) is 6.07 Å². The minimum Gasteiger partial charge on any atom is -0.479 e. The minimum absolute atomic E-state index is 0.0501. The van der Waals surface area contributed by atoms with Crippen LogP contribution in [0.5, 0.6) is 0 Å². The Balaban J connectivity index is 2.20. The van der Waals surface area contributed by atoms with Crippen LogP contribution in [-0.4, -0.2) is 34.6 Å². The summed E-state index contributed by atoms with van der Waals surface area (Å²) in [4.78, 5) is 25.4. The maximum atomic E-state index is 12.4. The smallest absolute Gasteiger partial charge is 0.331 e. The third-order valence-electron chi connectivity index (χ3n) is 3.87. The summed E-state index contributed by atoms with van der Waals surface area (Å²) in [6.07, 6.45) is 2.55. The Morgan fingerprint density at radius 1 is 1.43 bits per heavy atom. The Morgan fingerprint density at radius 3 is 2.81 bits per heavy atom. The van der Waals surface area contributed by atoms with E-state index in [1.807, 2.05) is 25.1 Å². The summed E-state index contributed by atoms with van der Waals surface area (Å²) in [5.41, 5.74) is 1.73. The van der Waals surface area contributed by atoms with Crippen LogP contribution in [-0.2, 0) is 11.2 Å². The number of nitrogens with one attached hydrogen (secondary N) is 1. The van der Waals surface area contributed by atoms with Crippen LogP contribution in [0.3, 0.4) is 0 Å². The van der Waals surface area contributed by atoms with Gasteiger partial charge in [-0.1, -0.05) is 37.6 Å². The predicted octanol–water partition coefficient (Wildman–Crippen LogP) is 2.57. The molecule has 0 aliphatic carbocycles. The molecule has 0 saturated carbocycles. The van der Waals surface area contributed by atoms with Crippen molar-refractivity contribution in [2.45, 2.75) is 45.2 Å². The van der Waals surface area contributed by atoms with Crippen LogP contribution < -0.4 is 5.32 Å². The number of carbonyl (C=O) groups is 2. The average Bonchev–Trinajstić information content (AvgIpc) is 2.45. The van der Waals surface area contributed by atoms with Gasteiger partial charge >= 0.3 is 12.0 Å². The monoisotopic (exact) mass is 290 g/mol. The Bertz CT molecular complexity index is 530. The zero-order valence-corrected chi connectivity index (χ0v) is 12.5. The summed E-state index contributed by atoms with van der Waals surface area (Å²) in [5, 5.41) is 12.4. The molecule has 0 fully saturated rings. The first kappa shape index (κ1) is 15.4. The van der Waals surface area contributed by atoms with Gasteiger partial charge in [0.05, 0.1) is 0 Å². The molecule has 2 N–H and O–H groups in total. The number of benzene rings is 1. The van der Waals surface area contributed by atoms with E-state index in [9.17, 15) is 14.7 Å². The first-order valence-corrected chi connectivity index (χ1v) is 7.42. The van der Waals surface area contributed by atoms with Gasteiger partial charge in [-0.3, -0.25) is 0 Å². The van der Waals surface area contributed by atoms with Crippen LogP contribution >= 0.6 is 0 Å². The van der Waals surface area contributed by atoms with Crippen molar-refractivity contribution < 1.29 is 14.7 Å². The molecule has 0 spiro atoms. The van der Waals surface area contributed by atoms with E-state index in [2.05, 4.69) is 12.2 Å². The summed E-state index contributed by atoms with van der Waals surface area (Å²) in [6, 6.07) is 6.30. The highest BCUT2D eigenvalue weighted by atomic mass is 16.4. The van der Waals surface area contributed by atoms with Crippen molar-refractivity contribution >= 4 is 12.0 Å². The van der Waals surface area contributed by atoms with E-state index in [0.29, 0.717) is 13.0 Å². The second-order valence-electron chi connectivity index (χ2n) is 5.52. The van der Waals surface area contributed by atoms with Gasteiger partial charge in [0, 0.05) is 12.6 Å². The van der Waals surface area contributed by atoms with Crippen molar-refractivity contribution in [1.29, 1.82) is 0 Å². The largest absolute Gasteiger partial charge is 0.479 e. The van der Waals surface area contributed by atoms with Crippen molar-refractivity contribution in [3.05, 3.63) is 35.4 Å². The number of hydrogen-bond donors (Lipinski definition) is 2. The first-order chi connectivity index (χ1) is 10.0. The van der Waals surface area contributed by atoms with Crippen molar-refractivity contribution in [2.75, 3.05) is 6.54 Å². The van der Waals surface area contributed by atoms with E-state index >= 15 is 0 Å². The molecule has 1 aromatic rings. The molecule has 1 heterocycles. The molecule has 114 valence electrons. The van der Waals surface area contributed by atoms with Gasteiger partial charge in [-0.25, -0.2) is 9.59 Å². The van der Waals surface area contributed by atoms with E-state index in [-0.39, 0.29) is 12.1 Å². The number of amides is 2. The molecule has 5 heteroatoms. The highest BCUT2D eigenvalue weighted by molar-refractivity contribution is 5.84. The normalized spacial score (nSPS) is 18.8. The van der Waals surface area contributed by atoms with Crippen LogP contribution in [0.1, 0.15) is 43.9 Å². The average molecular weight is 290 g/mol. The topological polar surface area (TPSA) is 69.6 Å². The van der Waals surface area contributed by atoms with Crippen molar-refractivity contribution in [2.24, 2.45) is 0 Å². The fourth-order valence-electron chi connectivity index (χ4n) is 2.85. The third-order valence-corrected chi connectivity index (χ3v) is 3.87. The first-order valence-electron chi connectivity index (χ1n) is 7.42. The Hall–Kier alpha value is -2.04. The minimum atomic E-state index is -0.986. The number of carbonyl (C=O) groups excluding carboxylic acids is 1. The lowest BCUT2D eigenvalue weighted by Crippen LogP contribution is -2.50. The zero-order chi connectivity index (χ0) is 15.4. The molecule has 5 nitrogen and oxygen atoms in total. The fraction of sp³-hybridized carbons (Fsp3) is 0.500. The molecule has 0 saturated heterocycles. The quantitative estimate of drug-likeness (QED) is 0.895. The second kappa shape index (κ2) is 6.61. The third kappa shape index (κ3) is 3.35. The summed E-state index contributed by atoms with van der Waals surface area (Å²) in [6.45, 7) is 4.42. The molecule has 1 aliphatic rings. The Labute approximate surface area is 125 Å². The van der Waals surface area contributed by atoms with Crippen LogP contribution in [0.4, 0.5) is 4.79 Å². The molecular weight excluding hydrogens is 268 g/mol. The summed E-state index contributed by atoms with van der Waals surface area (Å²) in [5.74, 6) is -0.986. The predicted molar refractivity (Wildman–Crippen MR) is 80.1 cm³/mol. The molecular formula is C16H22N2O3. The van der Waals surface area contributed by atoms with Gasteiger partial charge in [0.15, 0.2) is 6.04 Å². The van der Waals surface area contributed by atoms with Crippen LogP contribution in [0.2, 0.25) is 0 Å². The van der Waals surface area contributed by atoms with E-state index in [1.165, 1.54) is 4.90 Å². The summed E-state index contributed by atoms with van der Waals surface area (Å²) >= 11 is 0. The zero-order valence-electron chi connectivity index (χ0n) is 12.5. The maximum Gasteiger partial charge on any atom is 0.331 e. The maximum absolute atomic E-state index is 12.4. The van der Waals surface area contributed by atoms with E-state index in [4.69, 9.17) is 0 Å². The number of nitrogens with zero attached hydrogens (tertiary/aromatic N) is 1. The van der Waals surface area contributed by atoms with Crippen LogP contribution in [0.15, 0.2) is 24.3 Å². The standard InChI is InChI=1S/C16H22N2O3/c1-3-6-11(2)17-16(21)18-10-9-12-7-4-5-8-13(12)14(18)15(19)20/h4-5,7-8,11,14H,3,6,9-10H2,1-2H3,(H,17,21)(H,19,20). The van der Waals surface area contributed by atoms with E-state index < -0.39 is 12.0 Å². The molecule has 1 aromatic carbocycles. The van der Waals surface area contributed by atoms with Crippen LogP contribution in [0, 0.1) is 0 Å². The molecule has 2 unspecified atom stereocenters. The molecule has 2 rings (SSSR count). The van der Waals surface area contributed by atoms with Gasteiger partial charge in [-0.2, -0.15) is 0 Å². The van der Waals surface area contributed by atoms with Gasteiger partial charge in [-0.05, 0) is 30.9 Å².